The molecule has 4 nitrogen and oxygen atoms in total. The molecule has 8 heteroatoms. The molecule has 1 saturated carbocycles. The van der Waals surface area contributed by atoms with Crippen molar-refractivity contribution in [2.45, 2.75) is 41.7 Å². The number of halogens is 1. The Kier molecular flexibility index (Phi) is 4.59. The van der Waals surface area contributed by atoms with E-state index in [0.29, 0.717) is 10.9 Å². The van der Waals surface area contributed by atoms with Crippen molar-refractivity contribution in [3.63, 3.8) is 0 Å². The Hall–Kier alpha value is 0.180. The lowest BCUT2D eigenvalue weighted by atomic mass is 10.3. The molecule has 102 valence electrons. The van der Waals surface area contributed by atoms with Crippen molar-refractivity contribution >= 4 is 44.7 Å². The Bertz CT molecular complexity index is 529. The molecule has 2 atom stereocenters. The van der Waals surface area contributed by atoms with Crippen LogP contribution < -0.4 is 4.72 Å². The first-order valence-corrected chi connectivity index (χ1v) is 9.57. The summed E-state index contributed by atoms with van der Waals surface area (Å²) in [6.45, 7) is 1.66. The van der Waals surface area contributed by atoms with Crippen molar-refractivity contribution in [2.75, 3.05) is 6.26 Å². The highest BCUT2D eigenvalue weighted by molar-refractivity contribution is 7.99. The summed E-state index contributed by atoms with van der Waals surface area (Å²) in [4.78, 5) is 3.94. The Morgan fingerprint density at radius 1 is 1.50 bits per heavy atom. The maximum Gasteiger partial charge on any atom is 0.252 e. The highest BCUT2D eigenvalue weighted by Crippen LogP contribution is 2.31. The summed E-state index contributed by atoms with van der Waals surface area (Å²) in [5.41, 5.74) is 0.469. The zero-order valence-corrected chi connectivity index (χ0v) is 13.3. The molecule has 0 spiro atoms. The van der Waals surface area contributed by atoms with Crippen LogP contribution in [0.2, 0.25) is 4.47 Å². The van der Waals surface area contributed by atoms with Gasteiger partial charge in [0.05, 0.1) is 5.69 Å². The first kappa shape index (κ1) is 14.6. The molecule has 2 rings (SSSR count). The van der Waals surface area contributed by atoms with E-state index in [1.165, 1.54) is 0 Å². The molecule has 0 aromatic carbocycles. The van der Waals surface area contributed by atoms with E-state index in [-0.39, 0.29) is 14.7 Å². The summed E-state index contributed by atoms with van der Waals surface area (Å²) < 4.78 is 27.7. The van der Waals surface area contributed by atoms with Gasteiger partial charge in [0.1, 0.15) is 0 Å². The van der Waals surface area contributed by atoms with Crippen LogP contribution in [0.15, 0.2) is 4.21 Å². The smallest absolute Gasteiger partial charge is 0.229 e. The van der Waals surface area contributed by atoms with Crippen molar-refractivity contribution in [2.24, 2.45) is 0 Å². The molecular weight excluding hydrogens is 312 g/mol. The van der Waals surface area contributed by atoms with Crippen LogP contribution in [0.4, 0.5) is 0 Å². The molecule has 1 aromatic heterocycles. The number of sulfonamides is 1. The third kappa shape index (κ3) is 3.19. The molecule has 0 saturated heterocycles. The average molecular weight is 327 g/mol. The van der Waals surface area contributed by atoms with Crippen LogP contribution in [0.3, 0.4) is 0 Å². The van der Waals surface area contributed by atoms with Crippen molar-refractivity contribution in [3.05, 3.63) is 10.2 Å². The maximum absolute atomic E-state index is 12.2. The Labute approximate surface area is 121 Å². The standard InChI is InChI=1S/C10H15ClN2O2S3/c1-6-9(17-10(11)12-6)18(14,15)13-7-3-4-8(5-7)16-2/h7-8,13H,3-5H2,1-2H3. The van der Waals surface area contributed by atoms with Gasteiger partial charge in [-0.1, -0.05) is 22.9 Å². The summed E-state index contributed by atoms with van der Waals surface area (Å²) in [5, 5.41) is 0.559. The second-order valence-corrected chi connectivity index (χ2v) is 8.96. The minimum absolute atomic E-state index is 0.0349. The van der Waals surface area contributed by atoms with Crippen molar-refractivity contribution in [1.82, 2.24) is 9.71 Å². The Morgan fingerprint density at radius 2 is 2.22 bits per heavy atom. The number of nitrogens with one attached hydrogen (secondary N) is 1. The Morgan fingerprint density at radius 3 is 2.72 bits per heavy atom. The third-order valence-electron chi connectivity index (χ3n) is 3.01. The number of aromatic nitrogens is 1. The second kappa shape index (κ2) is 5.66. The number of aryl methyl sites for hydroxylation is 1. The molecule has 0 radical (unpaired) electrons. The molecule has 0 amide bonds. The van der Waals surface area contributed by atoms with E-state index in [2.05, 4.69) is 16.0 Å². The van der Waals surface area contributed by atoms with Gasteiger partial charge in [-0.25, -0.2) is 18.1 Å². The number of thioether (sulfide) groups is 1. The number of thiazole rings is 1. The molecule has 1 N–H and O–H groups in total. The quantitative estimate of drug-likeness (QED) is 0.924. The minimum atomic E-state index is -3.47. The molecule has 0 aliphatic heterocycles. The molecule has 1 aliphatic rings. The molecule has 18 heavy (non-hydrogen) atoms. The summed E-state index contributed by atoms with van der Waals surface area (Å²) in [7, 11) is -3.47. The lowest BCUT2D eigenvalue weighted by Gasteiger charge is -2.12. The number of hydrogen-bond acceptors (Lipinski definition) is 5. The molecule has 0 bridgehead atoms. The molecule has 1 fully saturated rings. The minimum Gasteiger partial charge on any atom is -0.229 e. The van der Waals surface area contributed by atoms with E-state index >= 15 is 0 Å². The highest BCUT2D eigenvalue weighted by Gasteiger charge is 2.30. The van der Waals surface area contributed by atoms with Gasteiger partial charge in [0.25, 0.3) is 10.0 Å². The fourth-order valence-electron chi connectivity index (χ4n) is 2.13. The van der Waals surface area contributed by atoms with Gasteiger partial charge in [-0.3, -0.25) is 0 Å². The van der Waals surface area contributed by atoms with Crippen molar-refractivity contribution < 1.29 is 8.42 Å². The van der Waals surface area contributed by atoms with Crippen LogP contribution in [-0.2, 0) is 10.0 Å². The van der Waals surface area contributed by atoms with Crippen LogP contribution in [0.1, 0.15) is 25.0 Å². The molecule has 1 aliphatic carbocycles. The number of rotatable bonds is 4. The van der Waals surface area contributed by atoms with Gasteiger partial charge in [-0.2, -0.15) is 11.8 Å². The third-order valence-corrected chi connectivity index (χ3v) is 7.50. The molecule has 1 aromatic rings. The van der Waals surface area contributed by atoms with Gasteiger partial charge in [0, 0.05) is 11.3 Å². The monoisotopic (exact) mass is 326 g/mol. The summed E-state index contributed by atoms with van der Waals surface area (Å²) >= 11 is 8.56. The number of hydrogen-bond donors (Lipinski definition) is 1. The van der Waals surface area contributed by atoms with Gasteiger partial charge in [0.15, 0.2) is 8.68 Å². The van der Waals surface area contributed by atoms with E-state index in [9.17, 15) is 8.42 Å². The van der Waals surface area contributed by atoms with E-state index in [1.54, 1.807) is 18.7 Å². The predicted molar refractivity (Wildman–Crippen MR) is 77.1 cm³/mol. The highest BCUT2D eigenvalue weighted by atomic mass is 35.5. The van der Waals surface area contributed by atoms with Gasteiger partial charge in [-0.05, 0) is 32.4 Å². The van der Waals surface area contributed by atoms with Gasteiger partial charge < -0.3 is 0 Å². The molecule has 1 heterocycles. The van der Waals surface area contributed by atoms with E-state index in [0.717, 1.165) is 30.6 Å². The van der Waals surface area contributed by atoms with Crippen LogP contribution in [-0.4, -0.2) is 30.9 Å². The number of nitrogens with zero attached hydrogens (tertiary/aromatic N) is 1. The topological polar surface area (TPSA) is 59.1 Å². The molecular formula is C10H15ClN2O2S3. The summed E-state index contributed by atoms with van der Waals surface area (Å²) in [6, 6.07) is 0.0349. The predicted octanol–water partition coefficient (Wildman–Crippen LogP) is 2.67. The van der Waals surface area contributed by atoms with Crippen molar-refractivity contribution in [1.29, 1.82) is 0 Å². The SMILES string of the molecule is CSC1CCC(NS(=O)(=O)c2sc(Cl)nc2C)C1. The first-order valence-electron chi connectivity index (χ1n) is 5.60. The zero-order valence-electron chi connectivity index (χ0n) is 10.1. The fourth-order valence-corrected chi connectivity index (χ4v) is 5.97. The lowest BCUT2D eigenvalue weighted by Crippen LogP contribution is -2.33. The van der Waals surface area contributed by atoms with Gasteiger partial charge in [0.2, 0.25) is 0 Å². The molecule has 2 unspecified atom stereocenters. The van der Waals surface area contributed by atoms with E-state index < -0.39 is 10.0 Å². The van der Waals surface area contributed by atoms with Crippen LogP contribution in [0.5, 0.6) is 0 Å². The normalized spacial score (nSPS) is 24.6. The second-order valence-electron chi connectivity index (χ2n) is 4.33. The van der Waals surface area contributed by atoms with Crippen LogP contribution in [0.25, 0.3) is 0 Å². The summed E-state index contributed by atoms with van der Waals surface area (Å²) in [6.07, 6.45) is 4.92. The van der Waals surface area contributed by atoms with Crippen LogP contribution >= 0.6 is 34.7 Å². The zero-order chi connectivity index (χ0) is 13.3. The van der Waals surface area contributed by atoms with Crippen LogP contribution in [0, 0.1) is 6.92 Å². The lowest BCUT2D eigenvalue weighted by molar-refractivity contribution is 0.554. The summed E-state index contributed by atoms with van der Waals surface area (Å²) in [5.74, 6) is 0. The Balaban J connectivity index is 2.11. The van der Waals surface area contributed by atoms with E-state index in [1.807, 2.05) is 0 Å². The fraction of sp³-hybridized carbons (Fsp3) is 0.700. The largest absolute Gasteiger partial charge is 0.252 e. The van der Waals surface area contributed by atoms with Gasteiger partial charge in [-0.15, -0.1) is 0 Å². The van der Waals surface area contributed by atoms with Crippen molar-refractivity contribution in [3.8, 4) is 0 Å². The average Bonchev–Trinajstić information content (AvgIpc) is 2.84. The van der Waals surface area contributed by atoms with Gasteiger partial charge >= 0.3 is 0 Å². The van der Waals surface area contributed by atoms with E-state index in [4.69, 9.17) is 11.6 Å². The first-order chi connectivity index (χ1) is 8.42. The maximum atomic E-state index is 12.2.